The van der Waals surface area contributed by atoms with Crippen molar-refractivity contribution in [2.45, 2.75) is 32.7 Å². The van der Waals surface area contributed by atoms with E-state index in [4.69, 9.17) is 21.7 Å². The number of aryl methyl sites for hydroxylation is 1. The van der Waals surface area contributed by atoms with Gasteiger partial charge in [0.1, 0.15) is 0 Å². The number of hydrogen-bond acceptors (Lipinski definition) is 3. The molecule has 1 aliphatic heterocycles. The first-order valence-corrected chi connectivity index (χ1v) is 8.33. The second kappa shape index (κ2) is 4.68. The van der Waals surface area contributed by atoms with Crippen LogP contribution >= 0.6 is 11.6 Å². The molecule has 0 saturated heterocycles. The summed E-state index contributed by atoms with van der Waals surface area (Å²) in [5, 5.41) is 5.47. The fraction of sp³-hybridized carbons (Fsp3) is 0.353. The van der Waals surface area contributed by atoms with Crippen LogP contribution < -0.4 is 0 Å². The lowest BCUT2D eigenvalue weighted by atomic mass is 10.1. The molecule has 2 aliphatic rings. The predicted molar refractivity (Wildman–Crippen MR) is 87.9 cm³/mol. The van der Waals surface area contributed by atoms with Crippen molar-refractivity contribution in [3.8, 4) is 17.1 Å². The number of hydrogen-bond donors (Lipinski definition) is 0. The van der Waals surface area contributed by atoms with Gasteiger partial charge in [0, 0.05) is 17.0 Å². The van der Waals surface area contributed by atoms with Crippen LogP contribution in [0.4, 0.5) is 0 Å². The van der Waals surface area contributed by atoms with Crippen LogP contribution in [-0.4, -0.2) is 24.3 Å². The van der Waals surface area contributed by atoms with E-state index in [0.717, 1.165) is 46.6 Å². The maximum Gasteiger partial charge on any atom is 0.160 e. The Morgan fingerprint density at radius 2 is 2.17 bits per heavy atom. The minimum atomic E-state index is 0.686. The van der Waals surface area contributed by atoms with Crippen molar-refractivity contribution >= 4 is 11.6 Å². The van der Waals surface area contributed by atoms with E-state index in [9.17, 15) is 0 Å². The van der Waals surface area contributed by atoms with Gasteiger partial charge in [0.15, 0.2) is 11.6 Å². The van der Waals surface area contributed by atoms with Crippen molar-refractivity contribution in [2.24, 2.45) is 5.92 Å². The van der Waals surface area contributed by atoms with Crippen LogP contribution in [0.2, 0.25) is 5.02 Å². The smallest absolute Gasteiger partial charge is 0.160 e. The fourth-order valence-corrected chi connectivity index (χ4v) is 3.44. The molecule has 0 N–H and O–H groups in total. The van der Waals surface area contributed by atoms with E-state index in [2.05, 4.69) is 9.55 Å². The second-order valence-electron chi connectivity index (χ2n) is 6.46. The van der Waals surface area contributed by atoms with E-state index in [0.29, 0.717) is 11.6 Å². The molecule has 116 valence electrons. The highest BCUT2D eigenvalue weighted by Crippen LogP contribution is 2.35. The zero-order valence-corrected chi connectivity index (χ0v) is 13.6. The molecule has 5 rings (SSSR count). The van der Waals surface area contributed by atoms with Crippen LogP contribution in [0.5, 0.6) is 0 Å². The van der Waals surface area contributed by atoms with Gasteiger partial charge >= 0.3 is 0 Å². The van der Waals surface area contributed by atoms with Crippen molar-refractivity contribution in [3.63, 3.8) is 0 Å². The van der Waals surface area contributed by atoms with Gasteiger partial charge in [0.25, 0.3) is 0 Å². The summed E-state index contributed by atoms with van der Waals surface area (Å²) >= 11 is 6.25. The van der Waals surface area contributed by atoms with E-state index in [1.54, 1.807) is 0 Å². The molecule has 23 heavy (non-hydrogen) atoms. The van der Waals surface area contributed by atoms with Crippen molar-refractivity contribution in [3.05, 3.63) is 46.8 Å². The highest BCUT2D eigenvalue weighted by Gasteiger charge is 2.27. The monoisotopic (exact) mass is 325 g/mol. The molecule has 6 heteroatoms. The predicted octanol–water partition coefficient (Wildman–Crippen LogP) is 3.41. The average Bonchev–Trinajstić information content (AvgIpc) is 3.17. The van der Waals surface area contributed by atoms with Gasteiger partial charge in [-0.15, -0.1) is 0 Å². The molecule has 1 saturated carbocycles. The fourth-order valence-electron chi connectivity index (χ4n) is 3.27. The van der Waals surface area contributed by atoms with E-state index in [1.165, 1.54) is 12.8 Å². The summed E-state index contributed by atoms with van der Waals surface area (Å²) in [7, 11) is 0. The number of rotatable bonds is 2. The summed E-state index contributed by atoms with van der Waals surface area (Å²) in [4.78, 5) is 9.29. The highest BCUT2D eigenvalue weighted by atomic mass is 35.5. The quantitative estimate of drug-likeness (QED) is 0.567. The van der Waals surface area contributed by atoms with Gasteiger partial charge in [-0.25, -0.2) is 14.6 Å². The molecule has 1 fully saturated rings. The maximum absolute atomic E-state index is 6.25. The molecule has 1 aliphatic carbocycles. The number of benzene rings is 1. The maximum atomic E-state index is 6.25. The Hall–Kier alpha value is -2.14. The lowest BCUT2D eigenvalue weighted by Crippen LogP contribution is -2.06. The second-order valence-corrected chi connectivity index (χ2v) is 6.90. The Balaban J connectivity index is 1.74. The summed E-state index contributed by atoms with van der Waals surface area (Å²) in [6, 6.07) is 5.92. The first-order chi connectivity index (χ1) is 11.2. The van der Waals surface area contributed by atoms with Gasteiger partial charge in [0.05, 0.1) is 29.9 Å². The third kappa shape index (κ3) is 2.10. The molecule has 0 amide bonds. The highest BCUT2D eigenvalue weighted by molar-refractivity contribution is 6.31. The van der Waals surface area contributed by atoms with Gasteiger partial charge in [0.2, 0.25) is 0 Å². The average molecular weight is 326 g/mol. The number of halogens is 1. The SMILES string of the molecule is Cc1ncn2c1Cn1nc(CC3CC3)nc1-c1cc(Cl)ccc1-2. The minimum absolute atomic E-state index is 0.686. The third-order valence-corrected chi connectivity index (χ3v) is 4.95. The minimum Gasteiger partial charge on any atom is -0.300 e. The molecule has 5 nitrogen and oxygen atoms in total. The summed E-state index contributed by atoms with van der Waals surface area (Å²) in [5.41, 5.74) is 4.26. The van der Waals surface area contributed by atoms with Crippen LogP contribution in [0, 0.1) is 12.8 Å². The number of nitrogens with zero attached hydrogens (tertiary/aromatic N) is 5. The van der Waals surface area contributed by atoms with Crippen LogP contribution in [0.3, 0.4) is 0 Å². The molecule has 0 unspecified atom stereocenters. The van der Waals surface area contributed by atoms with Crippen LogP contribution in [0.25, 0.3) is 17.1 Å². The molecule has 1 aromatic carbocycles. The Morgan fingerprint density at radius 1 is 1.30 bits per heavy atom. The molecule has 0 radical (unpaired) electrons. The van der Waals surface area contributed by atoms with Crippen LogP contribution in [0.1, 0.15) is 30.1 Å². The standard InChI is InChI=1S/C17H16ClN5/c1-10-15-8-23-17(20-16(21-23)6-11-2-3-11)13-7-12(18)4-5-14(13)22(15)9-19-10/h4-5,7,9,11H,2-3,6,8H2,1H3. The Morgan fingerprint density at radius 3 is 3.00 bits per heavy atom. The van der Waals surface area contributed by atoms with Gasteiger partial charge in [-0.05, 0) is 43.9 Å². The Bertz CT molecular complexity index is 919. The third-order valence-electron chi connectivity index (χ3n) is 4.72. The number of imidazole rings is 1. The van der Waals surface area contributed by atoms with Crippen LogP contribution in [-0.2, 0) is 13.0 Å². The van der Waals surface area contributed by atoms with Crippen molar-refractivity contribution in [2.75, 3.05) is 0 Å². The molecular formula is C17H16ClN5. The van der Waals surface area contributed by atoms with Crippen molar-refractivity contribution in [1.29, 1.82) is 0 Å². The van der Waals surface area contributed by atoms with E-state index >= 15 is 0 Å². The lowest BCUT2D eigenvalue weighted by Gasteiger charge is -2.08. The Labute approximate surface area is 138 Å². The van der Waals surface area contributed by atoms with Gasteiger partial charge in [-0.2, -0.15) is 5.10 Å². The van der Waals surface area contributed by atoms with Crippen molar-refractivity contribution < 1.29 is 0 Å². The van der Waals surface area contributed by atoms with E-state index in [-0.39, 0.29) is 0 Å². The molecule has 0 atom stereocenters. The molecule has 0 spiro atoms. The van der Waals surface area contributed by atoms with E-state index < -0.39 is 0 Å². The number of fused-ring (bicyclic) bond motifs is 5. The zero-order valence-electron chi connectivity index (χ0n) is 12.8. The number of aromatic nitrogens is 5. The first-order valence-electron chi connectivity index (χ1n) is 7.96. The zero-order chi connectivity index (χ0) is 15.6. The molecule has 3 aromatic rings. The van der Waals surface area contributed by atoms with Crippen molar-refractivity contribution in [1.82, 2.24) is 24.3 Å². The molecular weight excluding hydrogens is 310 g/mol. The molecule has 0 bridgehead atoms. The largest absolute Gasteiger partial charge is 0.300 e. The summed E-state index contributed by atoms with van der Waals surface area (Å²) in [5.74, 6) is 2.62. The van der Waals surface area contributed by atoms with Gasteiger partial charge in [-0.3, -0.25) is 0 Å². The van der Waals surface area contributed by atoms with E-state index in [1.807, 2.05) is 36.1 Å². The summed E-state index contributed by atoms with van der Waals surface area (Å²) in [6.07, 6.45) is 5.46. The Kier molecular flexibility index (Phi) is 2.71. The summed E-state index contributed by atoms with van der Waals surface area (Å²) < 4.78 is 4.12. The normalized spacial score (nSPS) is 15.7. The lowest BCUT2D eigenvalue weighted by molar-refractivity contribution is 0.651. The summed E-state index contributed by atoms with van der Waals surface area (Å²) in [6.45, 7) is 2.72. The topological polar surface area (TPSA) is 48.5 Å². The molecule has 3 heterocycles. The van der Waals surface area contributed by atoms with Crippen LogP contribution in [0.15, 0.2) is 24.5 Å². The van der Waals surface area contributed by atoms with Gasteiger partial charge in [-0.1, -0.05) is 11.6 Å². The van der Waals surface area contributed by atoms with Gasteiger partial charge < -0.3 is 4.57 Å². The molecule has 2 aromatic heterocycles. The first kappa shape index (κ1) is 13.3.